The van der Waals surface area contributed by atoms with E-state index in [0.717, 1.165) is 23.5 Å². The van der Waals surface area contributed by atoms with Crippen LogP contribution in [0, 0.1) is 0 Å². The van der Waals surface area contributed by atoms with Gasteiger partial charge in [0.25, 0.3) is 0 Å². The molecule has 0 aliphatic carbocycles. The van der Waals surface area contributed by atoms with Gasteiger partial charge < -0.3 is 14.8 Å². The molecule has 1 aromatic carbocycles. The SMILES string of the molecule is BC(B)(B)Oc1ccc(CCNC=O)cc1OC(B)(B)B. The van der Waals surface area contributed by atoms with E-state index in [2.05, 4.69) is 5.32 Å². The Morgan fingerprint density at radius 3 is 2.10 bits per heavy atom. The Labute approximate surface area is 132 Å². The maximum Gasteiger partial charge on any atom is 0.207 e. The highest BCUT2D eigenvalue weighted by Crippen LogP contribution is 2.31. The monoisotopic (exact) mass is 281 g/mol. The number of benzene rings is 1. The van der Waals surface area contributed by atoms with Crippen LogP contribution in [0.2, 0.25) is 0 Å². The molecule has 106 valence electrons. The molecular weight excluding hydrogens is 259 g/mol. The van der Waals surface area contributed by atoms with E-state index in [1.54, 1.807) is 0 Å². The normalized spacial score (nSPS) is 11.6. The summed E-state index contributed by atoms with van der Waals surface area (Å²) in [6.45, 7) is 0.609. The average molecular weight is 280 g/mol. The number of carbonyl (C=O) groups is 1. The molecule has 1 amide bonds. The van der Waals surface area contributed by atoms with Crippen molar-refractivity contribution in [1.29, 1.82) is 0 Å². The van der Waals surface area contributed by atoms with E-state index < -0.39 is 0 Å². The van der Waals surface area contributed by atoms with Crippen molar-refractivity contribution in [1.82, 2.24) is 5.32 Å². The van der Waals surface area contributed by atoms with Gasteiger partial charge in [0, 0.05) is 17.1 Å². The van der Waals surface area contributed by atoms with Crippen LogP contribution in [0.3, 0.4) is 0 Å². The van der Waals surface area contributed by atoms with Crippen LogP contribution < -0.4 is 14.8 Å². The molecule has 4 nitrogen and oxygen atoms in total. The fourth-order valence-corrected chi connectivity index (χ4v) is 1.81. The van der Waals surface area contributed by atoms with Crippen LogP contribution in [0.25, 0.3) is 0 Å². The van der Waals surface area contributed by atoms with Gasteiger partial charge in [-0.25, -0.2) is 0 Å². The quantitative estimate of drug-likeness (QED) is 0.294. The first-order valence-electron chi connectivity index (χ1n) is 7.29. The minimum absolute atomic E-state index is 0.281. The topological polar surface area (TPSA) is 47.6 Å². The zero-order valence-electron chi connectivity index (χ0n) is 13.9. The fraction of sp³-hybridized carbons (Fsp3) is 0.364. The van der Waals surface area contributed by atoms with Gasteiger partial charge in [-0.15, -0.1) is 0 Å². The lowest BCUT2D eigenvalue weighted by atomic mass is 9.52. The summed E-state index contributed by atoms with van der Waals surface area (Å²) in [7, 11) is 12.1. The largest absolute Gasteiger partial charge is 0.510 e. The Hall–Kier alpha value is -1.32. The molecule has 0 saturated carbocycles. The third kappa shape index (κ3) is 7.30. The molecule has 0 bridgehead atoms. The molecule has 0 spiro atoms. The van der Waals surface area contributed by atoms with E-state index >= 15 is 0 Å². The molecule has 1 rings (SSSR count). The van der Waals surface area contributed by atoms with Gasteiger partial charge in [-0.3, -0.25) is 4.79 Å². The van der Waals surface area contributed by atoms with Crippen molar-refractivity contribution in [3.63, 3.8) is 0 Å². The summed E-state index contributed by atoms with van der Waals surface area (Å²) in [5.41, 5.74) is 1.10. The van der Waals surface area contributed by atoms with E-state index in [9.17, 15) is 4.79 Å². The first-order chi connectivity index (χ1) is 9.61. The lowest BCUT2D eigenvalue weighted by Gasteiger charge is -2.28. The van der Waals surface area contributed by atoms with E-state index in [1.165, 1.54) is 0 Å². The van der Waals surface area contributed by atoms with Crippen LogP contribution in [0.1, 0.15) is 5.56 Å². The maximum atomic E-state index is 10.3. The summed E-state index contributed by atoms with van der Waals surface area (Å²) < 4.78 is 12.0. The molecule has 0 aliphatic heterocycles. The van der Waals surface area contributed by atoms with Crippen LogP contribution in [-0.4, -0.2) is 70.6 Å². The Bertz CT molecular complexity index is 486. The molecule has 0 unspecified atom stereocenters. The first-order valence-corrected chi connectivity index (χ1v) is 7.29. The zero-order valence-corrected chi connectivity index (χ0v) is 13.9. The highest BCUT2D eigenvalue weighted by Gasteiger charge is 2.20. The summed E-state index contributed by atoms with van der Waals surface area (Å²) in [5.74, 6) is 1.48. The molecule has 1 N–H and O–H groups in total. The highest BCUT2D eigenvalue weighted by molar-refractivity contribution is 6.59. The van der Waals surface area contributed by atoms with Crippen LogP contribution in [0.4, 0.5) is 0 Å². The van der Waals surface area contributed by atoms with E-state index in [1.807, 2.05) is 65.3 Å². The van der Waals surface area contributed by atoms with Gasteiger partial charge in [0.05, 0.1) is 0 Å². The predicted molar refractivity (Wildman–Crippen MR) is 102 cm³/mol. The number of hydrogen-bond donors (Lipinski definition) is 1. The van der Waals surface area contributed by atoms with Crippen LogP contribution in [0.5, 0.6) is 11.5 Å². The third-order valence-electron chi connectivity index (χ3n) is 2.48. The van der Waals surface area contributed by atoms with Gasteiger partial charge in [-0.05, 0) is 24.1 Å². The Morgan fingerprint density at radius 1 is 1.00 bits per heavy atom. The minimum Gasteiger partial charge on any atom is -0.510 e. The van der Waals surface area contributed by atoms with Gasteiger partial charge in [-0.1, -0.05) is 6.07 Å². The van der Waals surface area contributed by atoms with Gasteiger partial charge in [0.15, 0.2) is 11.5 Å². The third-order valence-corrected chi connectivity index (χ3v) is 2.48. The molecule has 0 fully saturated rings. The number of hydrogen-bond acceptors (Lipinski definition) is 3. The van der Waals surface area contributed by atoms with Crippen molar-refractivity contribution in [2.75, 3.05) is 6.54 Å². The smallest absolute Gasteiger partial charge is 0.207 e. The maximum absolute atomic E-state index is 10.3. The first kappa shape index (κ1) is 17.7. The minimum atomic E-state index is -0.296. The molecule has 10 heteroatoms. The summed E-state index contributed by atoms with van der Waals surface area (Å²) in [6.07, 6.45) is 1.47. The molecule has 21 heavy (non-hydrogen) atoms. The molecule has 0 aliphatic rings. The van der Waals surface area contributed by atoms with Gasteiger partial charge in [-0.2, -0.15) is 0 Å². The Balaban J connectivity index is 2.99. The summed E-state index contributed by atoms with van der Waals surface area (Å²) >= 11 is 0. The van der Waals surface area contributed by atoms with Crippen molar-refractivity contribution >= 4 is 53.5 Å². The standard InChI is InChI=1S/C11H21B6NO3/c12-10(13,14)20-8-2-1-7(3-4-18-6-19)5-9(8)21-11(15,16)17/h1-2,5-6H,3-4,12-17H2,(H,18,19). The van der Waals surface area contributed by atoms with Crippen LogP contribution in [0.15, 0.2) is 18.2 Å². The summed E-state index contributed by atoms with van der Waals surface area (Å²) in [6, 6.07) is 5.92. The number of carbonyl (C=O) groups excluding carboxylic acids is 1. The Kier molecular flexibility index (Phi) is 5.99. The average Bonchev–Trinajstić information content (AvgIpc) is 2.29. The van der Waals surface area contributed by atoms with Gasteiger partial charge in [0.2, 0.25) is 6.41 Å². The fourth-order valence-electron chi connectivity index (χ4n) is 1.81. The predicted octanol–water partition coefficient (Wildman–Crippen LogP) is -5.25. The lowest BCUT2D eigenvalue weighted by molar-refractivity contribution is -0.109. The highest BCUT2D eigenvalue weighted by atomic mass is 16.5. The zero-order chi connectivity index (χ0) is 16.1. The van der Waals surface area contributed by atoms with Gasteiger partial charge >= 0.3 is 0 Å². The number of nitrogens with one attached hydrogen (secondary N) is 1. The van der Waals surface area contributed by atoms with Crippen molar-refractivity contribution < 1.29 is 14.3 Å². The second-order valence-corrected chi connectivity index (χ2v) is 7.03. The van der Waals surface area contributed by atoms with Gasteiger partial charge in [0.1, 0.15) is 47.1 Å². The summed E-state index contributed by atoms with van der Waals surface area (Å²) in [4.78, 5) is 10.3. The van der Waals surface area contributed by atoms with Crippen molar-refractivity contribution in [2.45, 2.75) is 17.0 Å². The van der Waals surface area contributed by atoms with E-state index in [-0.39, 0.29) is 10.6 Å². The van der Waals surface area contributed by atoms with E-state index in [0.29, 0.717) is 13.0 Å². The molecule has 0 saturated heterocycles. The Morgan fingerprint density at radius 2 is 1.57 bits per heavy atom. The number of ether oxygens (including phenoxy) is 2. The molecule has 0 radical (unpaired) electrons. The van der Waals surface area contributed by atoms with Crippen LogP contribution in [-0.2, 0) is 11.2 Å². The summed E-state index contributed by atoms with van der Waals surface area (Å²) in [5, 5.41) is 2.09. The second kappa shape index (κ2) is 7.10. The second-order valence-electron chi connectivity index (χ2n) is 7.03. The number of amides is 1. The molecule has 0 aromatic heterocycles. The molecule has 0 atom stereocenters. The lowest BCUT2D eigenvalue weighted by Crippen LogP contribution is -2.40. The van der Waals surface area contributed by atoms with Crippen molar-refractivity contribution in [3.05, 3.63) is 23.8 Å². The van der Waals surface area contributed by atoms with Crippen molar-refractivity contribution in [2.24, 2.45) is 0 Å². The number of rotatable bonds is 8. The molecule has 0 heterocycles. The van der Waals surface area contributed by atoms with Crippen molar-refractivity contribution in [3.8, 4) is 11.5 Å². The van der Waals surface area contributed by atoms with E-state index in [4.69, 9.17) is 9.47 Å². The molecule has 1 aromatic rings. The molecular formula is C11H21B6NO3. The van der Waals surface area contributed by atoms with Crippen LogP contribution >= 0.6 is 0 Å².